The van der Waals surface area contributed by atoms with Crippen molar-refractivity contribution >= 4 is 22.5 Å². The van der Waals surface area contributed by atoms with E-state index in [-0.39, 0.29) is 5.54 Å². The Labute approximate surface area is 95.7 Å². The molecule has 0 aliphatic heterocycles. The van der Waals surface area contributed by atoms with Crippen LogP contribution in [-0.4, -0.2) is 4.57 Å². The van der Waals surface area contributed by atoms with Gasteiger partial charge in [0, 0.05) is 17.1 Å². The molecule has 15 heavy (non-hydrogen) atoms. The summed E-state index contributed by atoms with van der Waals surface area (Å²) in [5, 5.41) is 1.98. The Hall–Kier alpha value is -0.950. The Morgan fingerprint density at radius 3 is 2.47 bits per heavy atom. The number of hydrogen-bond acceptors (Lipinski definition) is 0. The van der Waals surface area contributed by atoms with Crippen molar-refractivity contribution in [1.82, 2.24) is 4.57 Å². The van der Waals surface area contributed by atoms with Gasteiger partial charge in [-0.3, -0.25) is 0 Å². The fourth-order valence-corrected chi connectivity index (χ4v) is 2.11. The third kappa shape index (κ3) is 1.76. The van der Waals surface area contributed by atoms with Crippen molar-refractivity contribution in [1.29, 1.82) is 0 Å². The van der Waals surface area contributed by atoms with E-state index >= 15 is 0 Å². The molecule has 0 aliphatic rings. The van der Waals surface area contributed by atoms with Gasteiger partial charge in [-0.1, -0.05) is 23.2 Å². The van der Waals surface area contributed by atoms with Crippen LogP contribution in [0.1, 0.15) is 26.3 Å². The molecule has 1 heterocycles. The predicted octanol–water partition coefficient (Wildman–Crippen LogP) is 4.36. The lowest BCUT2D eigenvalue weighted by Gasteiger charge is -2.22. The molecule has 0 spiro atoms. The number of aromatic nitrogens is 1. The summed E-state index contributed by atoms with van der Waals surface area (Å²) in [5.41, 5.74) is 2.52. The topological polar surface area (TPSA) is 4.93 Å². The number of rotatable bonds is 0. The summed E-state index contributed by atoms with van der Waals surface area (Å²) < 4.78 is 2.23. The highest BCUT2D eigenvalue weighted by Crippen LogP contribution is 2.31. The fourth-order valence-electron chi connectivity index (χ4n) is 1.86. The maximum atomic E-state index is 6.23. The first-order valence-electron chi connectivity index (χ1n) is 5.17. The number of fused-ring (bicyclic) bond motifs is 1. The highest BCUT2D eigenvalue weighted by atomic mass is 35.5. The molecule has 2 rings (SSSR count). The van der Waals surface area contributed by atoms with E-state index in [0.717, 1.165) is 10.4 Å². The van der Waals surface area contributed by atoms with E-state index in [0.29, 0.717) is 0 Å². The first-order chi connectivity index (χ1) is 6.89. The summed E-state index contributed by atoms with van der Waals surface area (Å²) in [6.45, 7) is 8.64. The quantitative estimate of drug-likeness (QED) is 0.623. The molecule has 2 aromatic rings. The van der Waals surface area contributed by atoms with E-state index in [9.17, 15) is 0 Å². The van der Waals surface area contributed by atoms with Crippen LogP contribution in [0.3, 0.4) is 0 Å². The SMILES string of the molecule is Cc1ccc2c(c1)c(Cl)cn2C(C)(C)C. The Bertz CT molecular complexity index is 503. The third-order valence-corrected chi connectivity index (χ3v) is 2.94. The van der Waals surface area contributed by atoms with Crippen LogP contribution in [-0.2, 0) is 5.54 Å². The first kappa shape index (κ1) is 10.6. The number of benzene rings is 1. The van der Waals surface area contributed by atoms with Crippen molar-refractivity contribution in [2.45, 2.75) is 33.2 Å². The smallest absolute Gasteiger partial charge is 0.0661 e. The van der Waals surface area contributed by atoms with E-state index in [1.165, 1.54) is 11.1 Å². The summed E-state index contributed by atoms with van der Waals surface area (Å²) >= 11 is 6.23. The molecular formula is C13H16ClN. The van der Waals surface area contributed by atoms with E-state index in [2.05, 4.69) is 50.5 Å². The highest BCUT2D eigenvalue weighted by molar-refractivity contribution is 6.35. The molecule has 0 unspecified atom stereocenters. The average Bonchev–Trinajstić information content (AvgIpc) is 2.43. The summed E-state index contributed by atoms with van der Waals surface area (Å²) in [6.07, 6.45) is 2.02. The number of nitrogens with zero attached hydrogens (tertiary/aromatic N) is 1. The minimum absolute atomic E-state index is 0.0701. The number of halogens is 1. The summed E-state index contributed by atoms with van der Waals surface area (Å²) in [6, 6.07) is 6.41. The van der Waals surface area contributed by atoms with Gasteiger partial charge in [0.25, 0.3) is 0 Å². The van der Waals surface area contributed by atoms with Crippen molar-refractivity contribution in [2.24, 2.45) is 0 Å². The largest absolute Gasteiger partial charge is 0.341 e. The van der Waals surface area contributed by atoms with Crippen molar-refractivity contribution in [3.8, 4) is 0 Å². The van der Waals surface area contributed by atoms with Gasteiger partial charge in [-0.2, -0.15) is 0 Å². The van der Waals surface area contributed by atoms with Gasteiger partial charge >= 0.3 is 0 Å². The van der Waals surface area contributed by atoms with Gasteiger partial charge in [-0.15, -0.1) is 0 Å². The van der Waals surface area contributed by atoms with Gasteiger partial charge in [0.05, 0.1) is 10.5 Å². The van der Waals surface area contributed by atoms with E-state index in [4.69, 9.17) is 11.6 Å². The van der Waals surface area contributed by atoms with E-state index < -0.39 is 0 Å². The van der Waals surface area contributed by atoms with Crippen molar-refractivity contribution in [2.75, 3.05) is 0 Å². The van der Waals surface area contributed by atoms with Crippen molar-refractivity contribution < 1.29 is 0 Å². The van der Waals surface area contributed by atoms with E-state index in [1.807, 2.05) is 6.20 Å². The van der Waals surface area contributed by atoms with Crippen LogP contribution in [0.4, 0.5) is 0 Å². The minimum Gasteiger partial charge on any atom is -0.341 e. The molecule has 0 N–H and O–H groups in total. The maximum absolute atomic E-state index is 6.23. The third-order valence-electron chi connectivity index (χ3n) is 2.63. The molecule has 0 fully saturated rings. The van der Waals surface area contributed by atoms with E-state index in [1.54, 1.807) is 0 Å². The Morgan fingerprint density at radius 1 is 1.20 bits per heavy atom. The van der Waals surface area contributed by atoms with Crippen LogP contribution in [0.15, 0.2) is 24.4 Å². The molecule has 1 aromatic heterocycles. The fraction of sp³-hybridized carbons (Fsp3) is 0.385. The van der Waals surface area contributed by atoms with Crippen LogP contribution < -0.4 is 0 Å². The van der Waals surface area contributed by atoms with Crippen molar-refractivity contribution in [3.05, 3.63) is 35.0 Å². The van der Waals surface area contributed by atoms with Crippen LogP contribution >= 0.6 is 11.6 Å². The average molecular weight is 222 g/mol. The Balaban J connectivity index is 2.79. The van der Waals surface area contributed by atoms with Crippen molar-refractivity contribution in [3.63, 3.8) is 0 Å². The molecule has 2 heteroatoms. The van der Waals surface area contributed by atoms with Gasteiger partial charge in [-0.25, -0.2) is 0 Å². The second-order valence-electron chi connectivity index (χ2n) is 5.04. The standard InChI is InChI=1S/C13H16ClN/c1-9-5-6-12-10(7-9)11(14)8-15(12)13(2,3)4/h5-8H,1-4H3. The number of aryl methyl sites for hydroxylation is 1. The van der Waals surface area contributed by atoms with Crippen LogP contribution in [0.2, 0.25) is 5.02 Å². The van der Waals surface area contributed by atoms with Crippen LogP contribution in [0.5, 0.6) is 0 Å². The molecule has 0 amide bonds. The number of hydrogen-bond donors (Lipinski definition) is 0. The van der Waals surface area contributed by atoms with Gasteiger partial charge in [-0.05, 0) is 39.8 Å². The minimum atomic E-state index is 0.0701. The lowest BCUT2D eigenvalue weighted by atomic mass is 10.1. The molecule has 1 aromatic carbocycles. The second-order valence-corrected chi connectivity index (χ2v) is 5.45. The predicted molar refractivity (Wildman–Crippen MR) is 66.7 cm³/mol. The zero-order chi connectivity index (χ0) is 11.2. The van der Waals surface area contributed by atoms with Gasteiger partial charge < -0.3 is 4.57 Å². The molecule has 80 valence electrons. The molecule has 0 bridgehead atoms. The normalized spacial score (nSPS) is 12.3. The Kier molecular flexibility index (Phi) is 2.31. The Morgan fingerprint density at radius 2 is 1.87 bits per heavy atom. The zero-order valence-electron chi connectivity index (χ0n) is 9.63. The molecule has 1 nitrogen and oxygen atoms in total. The van der Waals surface area contributed by atoms with Gasteiger partial charge in [0.1, 0.15) is 0 Å². The molecule has 0 saturated carbocycles. The van der Waals surface area contributed by atoms with Crippen LogP contribution in [0, 0.1) is 6.92 Å². The molecule has 0 radical (unpaired) electrons. The lowest BCUT2D eigenvalue weighted by molar-refractivity contribution is 0.411. The zero-order valence-corrected chi connectivity index (χ0v) is 10.4. The maximum Gasteiger partial charge on any atom is 0.0661 e. The summed E-state index contributed by atoms with van der Waals surface area (Å²) in [5.74, 6) is 0. The monoisotopic (exact) mass is 221 g/mol. The lowest BCUT2D eigenvalue weighted by Crippen LogP contribution is -2.20. The van der Waals surface area contributed by atoms with Crippen LogP contribution in [0.25, 0.3) is 10.9 Å². The molecular weight excluding hydrogens is 206 g/mol. The molecule has 0 atom stereocenters. The molecule has 0 saturated heterocycles. The second kappa shape index (κ2) is 3.28. The molecule has 0 aliphatic carbocycles. The summed E-state index contributed by atoms with van der Waals surface area (Å²) in [4.78, 5) is 0. The van der Waals surface area contributed by atoms with Gasteiger partial charge in [0.2, 0.25) is 0 Å². The highest BCUT2D eigenvalue weighted by Gasteiger charge is 2.17. The van der Waals surface area contributed by atoms with Gasteiger partial charge in [0.15, 0.2) is 0 Å². The first-order valence-corrected chi connectivity index (χ1v) is 5.55. The summed E-state index contributed by atoms with van der Waals surface area (Å²) in [7, 11) is 0.